The number of nitrogens with one attached hydrogen (secondary N) is 1. The molecule has 0 radical (unpaired) electrons. The summed E-state index contributed by atoms with van der Waals surface area (Å²) >= 11 is 0. The zero-order valence-corrected chi connectivity index (χ0v) is 16.4. The lowest BCUT2D eigenvalue weighted by Gasteiger charge is -2.32. The van der Waals surface area contributed by atoms with Crippen LogP contribution in [0.5, 0.6) is 11.5 Å². The van der Waals surface area contributed by atoms with Gasteiger partial charge in [-0.1, -0.05) is 12.1 Å². The number of fused-ring (bicyclic) bond motifs is 1. The predicted octanol–water partition coefficient (Wildman–Crippen LogP) is 4.04. The molecule has 1 fully saturated rings. The number of benzene rings is 2. The lowest BCUT2D eigenvalue weighted by molar-refractivity contribution is 0.0811. The number of ether oxygens (including phenoxy) is 2. The van der Waals surface area contributed by atoms with Crippen molar-refractivity contribution < 1.29 is 18.7 Å². The SMILES string of the molecule is O=C(c1ccc2c(c1)OCO2)[C@H]1CCCN(Cc2cn[nH]c2-c2cccc(F)c2)C1. The minimum Gasteiger partial charge on any atom is -0.454 e. The Morgan fingerprint density at radius 3 is 3.00 bits per heavy atom. The number of halogens is 1. The zero-order chi connectivity index (χ0) is 20.5. The van der Waals surface area contributed by atoms with Gasteiger partial charge in [-0.25, -0.2) is 4.39 Å². The van der Waals surface area contributed by atoms with Crippen molar-refractivity contribution in [3.05, 3.63) is 65.6 Å². The molecular formula is C23H22FN3O3. The molecule has 3 heterocycles. The lowest BCUT2D eigenvalue weighted by Crippen LogP contribution is -2.38. The van der Waals surface area contributed by atoms with Gasteiger partial charge in [-0.05, 0) is 49.7 Å². The van der Waals surface area contributed by atoms with Crippen LogP contribution in [0.3, 0.4) is 0 Å². The highest BCUT2D eigenvalue weighted by atomic mass is 19.1. The Balaban J connectivity index is 1.30. The Kier molecular flexibility index (Phi) is 4.96. The van der Waals surface area contributed by atoms with Crippen LogP contribution in [0.15, 0.2) is 48.7 Å². The fourth-order valence-electron chi connectivity index (χ4n) is 4.26. The molecule has 1 aromatic heterocycles. The molecule has 0 amide bonds. The number of piperidine rings is 1. The Bertz CT molecular complexity index is 1080. The van der Waals surface area contributed by atoms with E-state index >= 15 is 0 Å². The van der Waals surface area contributed by atoms with Crippen molar-refractivity contribution >= 4 is 5.78 Å². The molecule has 0 aliphatic carbocycles. The second kappa shape index (κ2) is 7.91. The largest absolute Gasteiger partial charge is 0.454 e. The van der Waals surface area contributed by atoms with E-state index < -0.39 is 0 Å². The monoisotopic (exact) mass is 407 g/mol. The number of hydrogen-bond acceptors (Lipinski definition) is 5. The summed E-state index contributed by atoms with van der Waals surface area (Å²) in [5.74, 6) is 1.10. The van der Waals surface area contributed by atoms with Crippen LogP contribution in [0, 0.1) is 11.7 Å². The summed E-state index contributed by atoms with van der Waals surface area (Å²) in [6.45, 7) is 2.45. The minimum absolute atomic E-state index is 0.0661. The topological polar surface area (TPSA) is 67.5 Å². The highest BCUT2D eigenvalue weighted by Gasteiger charge is 2.28. The third kappa shape index (κ3) is 3.68. The predicted molar refractivity (Wildman–Crippen MR) is 109 cm³/mol. The number of hydrogen-bond donors (Lipinski definition) is 1. The van der Waals surface area contributed by atoms with Gasteiger partial charge < -0.3 is 9.47 Å². The van der Waals surface area contributed by atoms with E-state index in [4.69, 9.17) is 9.47 Å². The average molecular weight is 407 g/mol. The van der Waals surface area contributed by atoms with Gasteiger partial charge in [0.1, 0.15) is 5.82 Å². The van der Waals surface area contributed by atoms with Crippen molar-refractivity contribution in [3.63, 3.8) is 0 Å². The summed E-state index contributed by atoms with van der Waals surface area (Å²) in [5.41, 5.74) is 3.25. The quantitative estimate of drug-likeness (QED) is 0.647. The van der Waals surface area contributed by atoms with Crippen molar-refractivity contribution in [2.45, 2.75) is 19.4 Å². The van der Waals surface area contributed by atoms with Gasteiger partial charge in [0, 0.05) is 35.7 Å². The molecule has 1 N–H and O–H groups in total. The van der Waals surface area contributed by atoms with E-state index in [1.165, 1.54) is 12.1 Å². The highest BCUT2D eigenvalue weighted by Crippen LogP contribution is 2.34. The summed E-state index contributed by atoms with van der Waals surface area (Å²) in [6, 6.07) is 11.9. The maximum Gasteiger partial charge on any atom is 0.231 e. The van der Waals surface area contributed by atoms with Gasteiger partial charge in [-0.3, -0.25) is 14.8 Å². The number of aromatic amines is 1. The third-order valence-corrected chi connectivity index (χ3v) is 5.76. The van der Waals surface area contributed by atoms with Crippen LogP contribution < -0.4 is 9.47 Å². The summed E-state index contributed by atoms with van der Waals surface area (Å²) < 4.78 is 24.4. The Labute approximate surface area is 173 Å². The van der Waals surface area contributed by atoms with Gasteiger partial charge in [0.05, 0.1) is 11.9 Å². The molecular weight excluding hydrogens is 385 g/mol. The van der Waals surface area contributed by atoms with E-state index in [1.807, 2.05) is 12.1 Å². The van der Waals surface area contributed by atoms with Crippen LogP contribution in [0.2, 0.25) is 0 Å². The summed E-state index contributed by atoms with van der Waals surface area (Å²) in [7, 11) is 0. The molecule has 5 rings (SSSR count). The molecule has 0 bridgehead atoms. The molecule has 2 aromatic carbocycles. The van der Waals surface area contributed by atoms with E-state index in [0.29, 0.717) is 30.2 Å². The number of rotatable bonds is 5. The first-order valence-electron chi connectivity index (χ1n) is 10.1. The van der Waals surface area contributed by atoms with Crippen molar-refractivity contribution in [1.82, 2.24) is 15.1 Å². The average Bonchev–Trinajstić information content (AvgIpc) is 3.42. The summed E-state index contributed by atoms with van der Waals surface area (Å²) in [4.78, 5) is 15.4. The van der Waals surface area contributed by atoms with Crippen molar-refractivity contribution in [3.8, 4) is 22.8 Å². The first kappa shape index (κ1) is 18.8. The van der Waals surface area contributed by atoms with Gasteiger partial charge in [-0.2, -0.15) is 5.10 Å². The summed E-state index contributed by atoms with van der Waals surface area (Å²) in [5, 5.41) is 7.15. The van der Waals surface area contributed by atoms with E-state index in [2.05, 4.69) is 15.1 Å². The van der Waals surface area contributed by atoms with Gasteiger partial charge in [0.2, 0.25) is 6.79 Å². The molecule has 154 valence electrons. The maximum absolute atomic E-state index is 13.6. The fraction of sp³-hybridized carbons (Fsp3) is 0.304. The van der Waals surface area contributed by atoms with Crippen LogP contribution in [0.25, 0.3) is 11.3 Å². The van der Waals surface area contributed by atoms with Crippen LogP contribution in [-0.2, 0) is 6.54 Å². The van der Waals surface area contributed by atoms with Crippen molar-refractivity contribution in [1.29, 1.82) is 0 Å². The molecule has 1 saturated heterocycles. The zero-order valence-electron chi connectivity index (χ0n) is 16.4. The number of likely N-dealkylation sites (tertiary alicyclic amines) is 1. The fourth-order valence-corrected chi connectivity index (χ4v) is 4.26. The molecule has 2 aliphatic heterocycles. The van der Waals surface area contributed by atoms with Gasteiger partial charge in [0.25, 0.3) is 0 Å². The number of Topliss-reactive ketones (excluding diaryl/α,β-unsaturated/α-hetero) is 1. The number of carbonyl (C=O) groups excluding carboxylic acids is 1. The second-order valence-electron chi connectivity index (χ2n) is 7.79. The van der Waals surface area contributed by atoms with Gasteiger partial charge >= 0.3 is 0 Å². The van der Waals surface area contributed by atoms with Crippen LogP contribution in [0.4, 0.5) is 4.39 Å². The van der Waals surface area contributed by atoms with E-state index in [9.17, 15) is 9.18 Å². The minimum atomic E-state index is -0.277. The molecule has 3 aromatic rings. The molecule has 1 atom stereocenters. The van der Waals surface area contributed by atoms with E-state index in [0.717, 1.165) is 36.2 Å². The highest BCUT2D eigenvalue weighted by molar-refractivity contribution is 5.98. The maximum atomic E-state index is 13.6. The standard InChI is InChI=1S/C23H22FN3O3/c24-19-5-1-3-15(9-19)22-18(11-25-26-22)13-27-8-2-4-17(12-27)23(28)16-6-7-20-21(10-16)30-14-29-20/h1,3,5-7,9-11,17H,2,4,8,12-14H2,(H,25,26)/t17-/m0/s1. The molecule has 7 heteroatoms. The number of aromatic nitrogens is 2. The summed E-state index contributed by atoms with van der Waals surface area (Å²) in [6.07, 6.45) is 3.60. The lowest BCUT2D eigenvalue weighted by atomic mass is 9.89. The Hall–Kier alpha value is -3.19. The molecule has 6 nitrogen and oxygen atoms in total. The number of carbonyl (C=O) groups is 1. The second-order valence-corrected chi connectivity index (χ2v) is 7.79. The molecule has 0 saturated carbocycles. The molecule has 30 heavy (non-hydrogen) atoms. The van der Waals surface area contributed by atoms with Gasteiger partial charge in [-0.15, -0.1) is 0 Å². The van der Waals surface area contributed by atoms with E-state index in [-0.39, 0.29) is 24.3 Å². The number of H-pyrrole nitrogens is 1. The molecule has 0 spiro atoms. The normalized spacial score (nSPS) is 18.5. The number of ketones is 1. The van der Waals surface area contributed by atoms with Crippen LogP contribution in [0.1, 0.15) is 28.8 Å². The Morgan fingerprint density at radius 1 is 1.20 bits per heavy atom. The Morgan fingerprint density at radius 2 is 2.10 bits per heavy atom. The van der Waals surface area contributed by atoms with Crippen molar-refractivity contribution in [2.75, 3.05) is 19.9 Å². The molecule has 2 aliphatic rings. The van der Waals surface area contributed by atoms with Crippen molar-refractivity contribution in [2.24, 2.45) is 5.92 Å². The third-order valence-electron chi connectivity index (χ3n) is 5.76. The van der Waals surface area contributed by atoms with Crippen LogP contribution in [-0.4, -0.2) is 40.8 Å². The smallest absolute Gasteiger partial charge is 0.231 e. The van der Waals surface area contributed by atoms with Crippen LogP contribution >= 0.6 is 0 Å². The van der Waals surface area contributed by atoms with Gasteiger partial charge in [0.15, 0.2) is 17.3 Å². The first-order chi connectivity index (χ1) is 14.7. The number of nitrogens with zero attached hydrogens (tertiary/aromatic N) is 2. The van der Waals surface area contributed by atoms with E-state index in [1.54, 1.807) is 24.4 Å². The first-order valence-corrected chi connectivity index (χ1v) is 10.1. The molecule has 0 unspecified atom stereocenters.